The monoisotopic (exact) mass is 234 g/mol. The molecule has 4 heteroatoms. The van der Waals surface area contributed by atoms with Crippen LogP contribution in [0.5, 0.6) is 0 Å². The van der Waals surface area contributed by atoms with Crippen LogP contribution < -0.4 is 0 Å². The Hall–Kier alpha value is -0.280. The van der Waals surface area contributed by atoms with Crippen LogP contribution in [0.1, 0.15) is 19.4 Å². The molecule has 0 saturated heterocycles. The fourth-order valence-electron chi connectivity index (χ4n) is 1.22. The van der Waals surface area contributed by atoms with Crippen LogP contribution in [-0.4, -0.2) is 11.7 Å². The molecule has 1 atom stereocenters. The highest BCUT2D eigenvalue weighted by atomic mass is 35.5. The lowest BCUT2D eigenvalue weighted by Gasteiger charge is -2.24. The molecule has 0 fully saturated rings. The maximum Gasteiger partial charge on any atom is 0.190 e. The number of rotatable bonds is 3. The van der Waals surface area contributed by atoms with Gasteiger partial charge in [-0.2, -0.15) is 0 Å². The maximum absolute atomic E-state index is 9.93. The molecule has 0 aromatic heterocycles. The Labute approximate surface area is 93.4 Å². The number of ether oxygens (including phenoxy) is 1. The average molecular weight is 235 g/mol. The second-order valence-corrected chi connectivity index (χ2v) is 3.80. The molecule has 1 N–H and O–H groups in total. The highest BCUT2D eigenvalue weighted by molar-refractivity contribution is 6.42. The van der Waals surface area contributed by atoms with Crippen LogP contribution in [0, 0.1) is 0 Å². The van der Waals surface area contributed by atoms with E-state index in [1.165, 1.54) is 6.92 Å². The lowest BCUT2D eigenvalue weighted by atomic mass is 10.1. The molecule has 2 nitrogen and oxygen atoms in total. The van der Waals surface area contributed by atoms with Crippen molar-refractivity contribution in [2.24, 2.45) is 0 Å². The molecule has 0 saturated carbocycles. The van der Waals surface area contributed by atoms with Gasteiger partial charge in [0, 0.05) is 12.2 Å². The van der Waals surface area contributed by atoms with E-state index in [0.29, 0.717) is 22.2 Å². The fraction of sp³-hybridized carbons (Fsp3) is 0.400. The van der Waals surface area contributed by atoms with Crippen LogP contribution in [0.4, 0.5) is 0 Å². The summed E-state index contributed by atoms with van der Waals surface area (Å²) in [6, 6.07) is 5.07. The SMILES string of the molecule is CCOC(C)(O)c1cccc(Cl)c1Cl. The third kappa shape index (κ3) is 2.39. The molecule has 1 aromatic rings. The van der Waals surface area contributed by atoms with E-state index in [4.69, 9.17) is 27.9 Å². The summed E-state index contributed by atoms with van der Waals surface area (Å²) in [7, 11) is 0. The van der Waals surface area contributed by atoms with Crippen LogP contribution >= 0.6 is 23.2 Å². The molecule has 0 aliphatic carbocycles. The Morgan fingerprint density at radius 2 is 2.07 bits per heavy atom. The van der Waals surface area contributed by atoms with E-state index in [-0.39, 0.29) is 0 Å². The molecule has 1 rings (SSSR count). The van der Waals surface area contributed by atoms with Crippen molar-refractivity contribution < 1.29 is 9.84 Å². The molecular weight excluding hydrogens is 223 g/mol. The number of aliphatic hydroxyl groups is 1. The minimum absolute atomic E-state index is 0.326. The van der Waals surface area contributed by atoms with Gasteiger partial charge in [-0.1, -0.05) is 35.3 Å². The number of hydrogen-bond donors (Lipinski definition) is 1. The molecule has 78 valence electrons. The summed E-state index contributed by atoms with van der Waals surface area (Å²) in [5, 5.41) is 10.7. The molecule has 14 heavy (non-hydrogen) atoms. The number of halogens is 2. The van der Waals surface area contributed by atoms with E-state index in [9.17, 15) is 5.11 Å². The third-order valence-electron chi connectivity index (χ3n) is 1.88. The molecule has 0 heterocycles. The first kappa shape index (κ1) is 11.8. The van der Waals surface area contributed by atoms with E-state index >= 15 is 0 Å². The lowest BCUT2D eigenvalue weighted by Crippen LogP contribution is -2.25. The van der Waals surface area contributed by atoms with E-state index in [0.717, 1.165) is 0 Å². The van der Waals surface area contributed by atoms with E-state index < -0.39 is 5.79 Å². The van der Waals surface area contributed by atoms with Gasteiger partial charge in [0.1, 0.15) is 0 Å². The maximum atomic E-state index is 9.93. The molecule has 0 aliphatic heterocycles. The zero-order chi connectivity index (χ0) is 10.8. The Bertz CT molecular complexity index is 324. The van der Waals surface area contributed by atoms with Crippen molar-refractivity contribution in [2.75, 3.05) is 6.61 Å². The molecule has 0 radical (unpaired) electrons. The molecule has 0 spiro atoms. The van der Waals surface area contributed by atoms with Crippen molar-refractivity contribution in [3.8, 4) is 0 Å². The number of benzene rings is 1. The molecule has 1 unspecified atom stereocenters. The minimum Gasteiger partial charge on any atom is -0.362 e. The molecule has 1 aromatic carbocycles. The summed E-state index contributed by atoms with van der Waals surface area (Å²) in [6.45, 7) is 3.73. The molecular formula is C10H12Cl2O2. The van der Waals surface area contributed by atoms with Gasteiger partial charge < -0.3 is 9.84 Å². The second kappa shape index (κ2) is 4.49. The molecule has 0 aliphatic rings. The summed E-state index contributed by atoms with van der Waals surface area (Å²) in [5.41, 5.74) is 0.480. The van der Waals surface area contributed by atoms with Crippen molar-refractivity contribution in [2.45, 2.75) is 19.6 Å². The average Bonchev–Trinajstić information content (AvgIpc) is 2.09. The van der Waals surface area contributed by atoms with Gasteiger partial charge in [-0.15, -0.1) is 0 Å². The van der Waals surface area contributed by atoms with Crippen LogP contribution in [-0.2, 0) is 10.5 Å². The highest BCUT2D eigenvalue weighted by Crippen LogP contribution is 2.33. The Morgan fingerprint density at radius 3 is 2.64 bits per heavy atom. The van der Waals surface area contributed by atoms with Gasteiger partial charge in [0.05, 0.1) is 10.0 Å². The van der Waals surface area contributed by atoms with Gasteiger partial charge in [0.25, 0.3) is 0 Å². The smallest absolute Gasteiger partial charge is 0.190 e. The van der Waals surface area contributed by atoms with E-state index in [1.807, 2.05) is 0 Å². The standard InChI is InChI=1S/C10H12Cl2O2/c1-3-14-10(2,13)7-5-4-6-8(11)9(7)12/h4-6,13H,3H2,1-2H3. The summed E-state index contributed by atoms with van der Waals surface area (Å²) in [6.07, 6.45) is 0. The van der Waals surface area contributed by atoms with Crippen LogP contribution in [0.2, 0.25) is 10.0 Å². The lowest BCUT2D eigenvalue weighted by molar-refractivity contribution is -0.195. The minimum atomic E-state index is -1.39. The zero-order valence-corrected chi connectivity index (χ0v) is 9.56. The topological polar surface area (TPSA) is 29.5 Å². The first-order chi connectivity index (χ1) is 6.49. The normalized spacial score (nSPS) is 15.2. The van der Waals surface area contributed by atoms with Gasteiger partial charge in [-0.05, 0) is 19.9 Å². The van der Waals surface area contributed by atoms with Crippen molar-refractivity contribution in [3.63, 3.8) is 0 Å². The second-order valence-electron chi connectivity index (χ2n) is 3.02. The van der Waals surface area contributed by atoms with E-state index in [2.05, 4.69) is 0 Å². The van der Waals surface area contributed by atoms with Crippen LogP contribution in [0.3, 0.4) is 0 Å². The predicted octanol–water partition coefficient (Wildman–Crippen LogP) is 3.19. The van der Waals surface area contributed by atoms with Crippen LogP contribution in [0.25, 0.3) is 0 Å². The molecule has 0 bridgehead atoms. The quantitative estimate of drug-likeness (QED) is 0.815. The Balaban J connectivity index is 3.12. The van der Waals surface area contributed by atoms with Gasteiger partial charge in [0.2, 0.25) is 0 Å². The van der Waals surface area contributed by atoms with Gasteiger partial charge >= 0.3 is 0 Å². The van der Waals surface area contributed by atoms with E-state index in [1.54, 1.807) is 25.1 Å². The Kier molecular flexibility index (Phi) is 3.78. The summed E-state index contributed by atoms with van der Waals surface area (Å²) in [4.78, 5) is 0. The summed E-state index contributed by atoms with van der Waals surface area (Å²) >= 11 is 11.8. The van der Waals surface area contributed by atoms with Crippen LogP contribution in [0.15, 0.2) is 18.2 Å². The predicted molar refractivity (Wildman–Crippen MR) is 57.7 cm³/mol. The third-order valence-corrected chi connectivity index (χ3v) is 2.70. The number of hydrogen-bond acceptors (Lipinski definition) is 2. The first-order valence-electron chi connectivity index (χ1n) is 4.30. The van der Waals surface area contributed by atoms with Crippen molar-refractivity contribution in [3.05, 3.63) is 33.8 Å². The van der Waals surface area contributed by atoms with Gasteiger partial charge in [-0.3, -0.25) is 0 Å². The van der Waals surface area contributed by atoms with Crippen molar-refractivity contribution in [1.82, 2.24) is 0 Å². The Morgan fingerprint density at radius 1 is 1.43 bits per heavy atom. The zero-order valence-electron chi connectivity index (χ0n) is 8.05. The van der Waals surface area contributed by atoms with Gasteiger partial charge in [-0.25, -0.2) is 0 Å². The highest BCUT2D eigenvalue weighted by Gasteiger charge is 2.26. The largest absolute Gasteiger partial charge is 0.362 e. The summed E-state index contributed by atoms with van der Waals surface area (Å²) in [5.74, 6) is -1.39. The fourth-order valence-corrected chi connectivity index (χ4v) is 1.70. The summed E-state index contributed by atoms with van der Waals surface area (Å²) < 4.78 is 5.16. The first-order valence-corrected chi connectivity index (χ1v) is 5.05. The van der Waals surface area contributed by atoms with Crippen molar-refractivity contribution in [1.29, 1.82) is 0 Å². The molecule has 0 amide bonds. The van der Waals surface area contributed by atoms with Gasteiger partial charge in [0.15, 0.2) is 5.79 Å². The van der Waals surface area contributed by atoms with Crippen molar-refractivity contribution >= 4 is 23.2 Å².